The number of thiazole rings is 1. The number of halogens is 3. The highest BCUT2D eigenvalue weighted by Crippen LogP contribution is 2.37. The van der Waals surface area contributed by atoms with Crippen LogP contribution in [-0.2, 0) is 15.4 Å². The second kappa shape index (κ2) is 8.08. The maximum atomic E-state index is 15.3. The molecule has 2 aromatic carbocycles. The first-order valence-corrected chi connectivity index (χ1v) is 11.4. The summed E-state index contributed by atoms with van der Waals surface area (Å²) >= 11 is 1.13. The minimum Gasteiger partial charge on any atom is -0.294 e. The van der Waals surface area contributed by atoms with Gasteiger partial charge in [-0.3, -0.25) is 9.52 Å². The van der Waals surface area contributed by atoms with Crippen molar-refractivity contribution in [2.75, 3.05) is 4.72 Å². The van der Waals surface area contributed by atoms with Crippen molar-refractivity contribution in [2.45, 2.75) is 38.0 Å². The lowest BCUT2D eigenvalue weighted by atomic mass is 9.98. The number of Topliss-reactive ketones (excluding diaryl/α,β-unsaturated/α-hetero) is 1. The van der Waals surface area contributed by atoms with Crippen LogP contribution in [-0.4, -0.2) is 19.2 Å². The third-order valence-corrected chi connectivity index (χ3v) is 7.27. The van der Waals surface area contributed by atoms with Crippen molar-refractivity contribution >= 4 is 32.8 Å². The Balaban J connectivity index is 2.12. The fraction of sp³-hybridized carbons (Fsp3) is 0.238. The van der Waals surface area contributed by atoms with Crippen LogP contribution in [0, 0.1) is 17.5 Å². The number of nitrogens with zero attached hydrogens (tertiary/aromatic N) is 1. The van der Waals surface area contributed by atoms with Crippen LogP contribution < -0.4 is 4.72 Å². The van der Waals surface area contributed by atoms with Crippen molar-refractivity contribution in [1.82, 2.24) is 4.98 Å². The summed E-state index contributed by atoms with van der Waals surface area (Å²) in [6.45, 7) is 7.01. The van der Waals surface area contributed by atoms with E-state index < -0.39 is 43.5 Å². The van der Waals surface area contributed by atoms with E-state index in [1.54, 1.807) is 0 Å². The molecule has 0 radical (unpaired) electrons. The molecule has 1 N–H and O–H groups in total. The molecule has 0 spiro atoms. The molecule has 0 saturated heterocycles. The number of sulfonamides is 1. The number of rotatable bonds is 5. The van der Waals surface area contributed by atoms with Crippen molar-refractivity contribution in [3.05, 3.63) is 63.7 Å². The minimum absolute atomic E-state index is 0.0815. The van der Waals surface area contributed by atoms with Gasteiger partial charge in [0.15, 0.2) is 16.5 Å². The van der Waals surface area contributed by atoms with Crippen molar-refractivity contribution in [2.24, 2.45) is 0 Å². The molecule has 5 nitrogen and oxygen atoms in total. The number of carbonyl (C=O) groups excluding carboxylic acids is 1. The molecule has 0 bridgehead atoms. The molecule has 0 aliphatic heterocycles. The molecule has 31 heavy (non-hydrogen) atoms. The lowest BCUT2D eigenvalue weighted by Crippen LogP contribution is -2.17. The smallest absolute Gasteiger partial charge is 0.267 e. The van der Waals surface area contributed by atoms with Crippen LogP contribution in [0.15, 0.2) is 41.3 Å². The van der Waals surface area contributed by atoms with E-state index in [0.717, 1.165) is 35.6 Å². The zero-order valence-electron chi connectivity index (χ0n) is 17.1. The van der Waals surface area contributed by atoms with Crippen molar-refractivity contribution in [3.63, 3.8) is 0 Å². The number of hydrogen-bond donors (Lipinski definition) is 1. The van der Waals surface area contributed by atoms with Gasteiger partial charge in [-0.05, 0) is 24.3 Å². The summed E-state index contributed by atoms with van der Waals surface area (Å²) in [7, 11) is -4.77. The van der Waals surface area contributed by atoms with E-state index in [-0.39, 0.29) is 21.9 Å². The molecule has 0 saturated carbocycles. The lowest BCUT2D eigenvalue weighted by molar-refractivity contribution is 0.102. The molecule has 1 heterocycles. The van der Waals surface area contributed by atoms with Crippen molar-refractivity contribution in [1.29, 1.82) is 0 Å². The van der Waals surface area contributed by atoms with Crippen LogP contribution >= 0.6 is 11.3 Å². The Kier molecular flexibility index (Phi) is 5.98. The largest absolute Gasteiger partial charge is 0.294 e. The molecule has 164 valence electrons. The first-order chi connectivity index (χ1) is 14.3. The lowest BCUT2D eigenvalue weighted by Gasteiger charge is -2.14. The number of anilines is 1. The van der Waals surface area contributed by atoms with Gasteiger partial charge >= 0.3 is 0 Å². The number of ketones is 1. The maximum absolute atomic E-state index is 15.3. The Hall–Kier alpha value is -2.72. The van der Waals surface area contributed by atoms with Gasteiger partial charge in [-0.15, -0.1) is 11.3 Å². The fourth-order valence-corrected chi connectivity index (χ4v) is 5.02. The van der Waals surface area contributed by atoms with Gasteiger partial charge in [0.1, 0.15) is 11.6 Å². The van der Waals surface area contributed by atoms with Crippen LogP contribution in [0.2, 0.25) is 0 Å². The molecule has 1 aromatic heterocycles. The number of benzene rings is 2. The summed E-state index contributed by atoms with van der Waals surface area (Å²) in [6, 6.07) is 6.40. The first kappa shape index (κ1) is 23.0. The molecule has 0 unspecified atom stereocenters. The van der Waals surface area contributed by atoms with Crippen LogP contribution in [0.5, 0.6) is 0 Å². The van der Waals surface area contributed by atoms with Gasteiger partial charge in [0.2, 0.25) is 0 Å². The summed E-state index contributed by atoms with van der Waals surface area (Å²) in [5, 5.41) is 0.603. The van der Waals surface area contributed by atoms with Gasteiger partial charge in [0.25, 0.3) is 10.0 Å². The predicted molar refractivity (Wildman–Crippen MR) is 113 cm³/mol. The quantitative estimate of drug-likeness (QED) is 0.500. The highest BCUT2D eigenvalue weighted by atomic mass is 32.2. The summed E-state index contributed by atoms with van der Waals surface area (Å²) in [6.07, 6.45) is 0. The average Bonchev–Trinajstić information content (AvgIpc) is 3.09. The number of nitrogens with one attached hydrogen (secondary N) is 1. The zero-order chi connectivity index (χ0) is 23.1. The number of aromatic nitrogens is 1. The van der Waals surface area contributed by atoms with E-state index in [9.17, 15) is 22.0 Å². The molecule has 10 heteroatoms. The van der Waals surface area contributed by atoms with E-state index in [2.05, 4.69) is 4.98 Å². The topological polar surface area (TPSA) is 76.1 Å². The van der Waals surface area contributed by atoms with Crippen LogP contribution in [0.25, 0.3) is 11.3 Å². The third kappa shape index (κ3) is 4.49. The van der Waals surface area contributed by atoms with Crippen molar-refractivity contribution < 1.29 is 26.4 Å². The van der Waals surface area contributed by atoms with Gasteiger partial charge < -0.3 is 0 Å². The van der Waals surface area contributed by atoms with E-state index in [1.165, 1.54) is 19.1 Å². The fourth-order valence-electron chi connectivity index (χ4n) is 2.79. The monoisotopic (exact) mass is 468 g/mol. The molecular formula is C21H19F3N2O3S2. The molecule has 3 rings (SSSR count). The van der Waals surface area contributed by atoms with E-state index in [0.29, 0.717) is 5.01 Å². The Morgan fingerprint density at radius 1 is 1.03 bits per heavy atom. The second-order valence-electron chi connectivity index (χ2n) is 7.83. The normalized spacial score (nSPS) is 12.1. The molecule has 0 atom stereocenters. The van der Waals surface area contributed by atoms with Gasteiger partial charge in [-0.2, -0.15) is 0 Å². The summed E-state index contributed by atoms with van der Waals surface area (Å²) in [5.41, 5.74) is -0.949. The van der Waals surface area contributed by atoms with Crippen LogP contribution in [0.3, 0.4) is 0 Å². The van der Waals surface area contributed by atoms with Gasteiger partial charge in [0, 0.05) is 17.9 Å². The van der Waals surface area contributed by atoms with Gasteiger partial charge in [-0.1, -0.05) is 32.9 Å². The number of hydrogen-bond acceptors (Lipinski definition) is 5. The van der Waals surface area contributed by atoms with Crippen molar-refractivity contribution in [3.8, 4) is 11.3 Å². The first-order valence-electron chi connectivity index (χ1n) is 9.11. The van der Waals surface area contributed by atoms with E-state index in [4.69, 9.17) is 0 Å². The summed E-state index contributed by atoms with van der Waals surface area (Å²) in [5.74, 6) is -3.95. The summed E-state index contributed by atoms with van der Waals surface area (Å²) in [4.78, 5) is 15.5. The van der Waals surface area contributed by atoms with Gasteiger partial charge in [-0.25, -0.2) is 26.6 Å². The minimum atomic E-state index is -4.77. The average molecular weight is 469 g/mol. The second-order valence-corrected chi connectivity index (χ2v) is 10.4. The highest BCUT2D eigenvalue weighted by Gasteiger charge is 2.28. The van der Waals surface area contributed by atoms with Gasteiger partial charge in [0.05, 0.1) is 21.3 Å². The molecular weight excluding hydrogens is 449 g/mol. The van der Waals surface area contributed by atoms with Crippen LogP contribution in [0.1, 0.15) is 42.4 Å². The Labute approximate surface area is 182 Å². The van der Waals surface area contributed by atoms with E-state index >= 15 is 4.39 Å². The Morgan fingerprint density at radius 3 is 2.16 bits per heavy atom. The zero-order valence-corrected chi connectivity index (χ0v) is 18.7. The summed E-state index contributed by atoms with van der Waals surface area (Å²) < 4.78 is 70.1. The SMILES string of the molecule is CC(=O)c1sc(C(C)(C)C)nc1-c1cccc(NS(=O)(=O)c2c(F)cccc2F)c1F. The third-order valence-electron chi connectivity index (χ3n) is 4.27. The Bertz CT molecular complexity index is 1260. The molecule has 0 aliphatic carbocycles. The number of carbonyl (C=O) groups is 1. The highest BCUT2D eigenvalue weighted by molar-refractivity contribution is 7.92. The molecule has 0 amide bonds. The molecule has 0 aliphatic rings. The molecule has 0 fully saturated rings. The predicted octanol–water partition coefficient (Wildman–Crippen LogP) is 5.53. The van der Waals surface area contributed by atoms with E-state index in [1.807, 2.05) is 25.5 Å². The Morgan fingerprint density at radius 2 is 1.61 bits per heavy atom. The van der Waals surface area contributed by atoms with Crippen LogP contribution in [0.4, 0.5) is 18.9 Å². The maximum Gasteiger partial charge on any atom is 0.267 e. The molecule has 3 aromatic rings. The standard InChI is InChI=1S/C21H19F3N2O3S2/c1-11(27)18-17(25-20(30-18)21(2,3)4)12-7-5-10-15(16(12)24)26-31(28,29)19-13(22)8-6-9-14(19)23/h5-10,26H,1-4H3.